The highest BCUT2D eigenvalue weighted by Crippen LogP contribution is 2.32. The van der Waals surface area contributed by atoms with E-state index in [0.717, 1.165) is 25.7 Å². The van der Waals surface area contributed by atoms with Crippen LogP contribution < -0.4 is 5.73 Å². The predicted octanol–water partition coefficient (Wildman–Crippen LogP) is 4.34. The number of Topliss-reactive ketones (excluding diaryl/α,β-unsaturated/α-hetero) is 1. The molecular weight excluding hydrogens is 257 g/mol. The maximum atomic E-state index is 12.3. The molecule has 1 aromatic carbocycles. The second-order valence-electron chi connectivity index (χ2n) is 4.55. The van der Waals surface area contributed by atoms with Crippen molar-refractivity contribution in [2.24, 2.45) is 5.92 Å². The maximum absolute atomic E-state index is 12.3. The van der Waals surface area contributed by atoms with E-state index in [1.54, 1.807) is 12.1 Å². The summed E-state index contributed by atoms with van der Waals surface area (Å²) in [5.74, 6) is 0.271. The molecule has 0 heterocycles. The summed E-state index contributed by atoms with van der Waals surface area (Å²) in [5, 5.41) is 0.716. The SMILES string of the molecule is Nc1c(Cl)cc(C(=O)C2CCCCC2)cc1Cl. The Morgan fingerprint density at radius 2 is 1.65 bits per heavy atom. The van der Waals surface area contributed by atoms with E-state index in [9.17, 15) is 4.79 Å². The van der Waals surface area contributed by atoms with E-state index in [-0.39, 0.29) is 11.7 Å². The van der Waals surface area contributed by atoms with Crippen molar-refractivity contribution in [1.29, 1.82) is 0 Å². The van der Waals surface area contributed by atoms with Gasteiger partial charge in [0.2, 0.25) is 0 Å². The molecule has 1 aliphatic rings. The molecule has 0 amide bonds. The lowest BCUT2D eigenvalue weighted by Crippen LogP contribution is -2.18. The van der Waals surface area contributed by atoms with Crippen LogP contribution in [0.25, 0.3) is 0 Å². The van der Waals surface area contributed by atoms with Gasteiger partial charge in [0.15, 0.2) is 5.78 Å². The van der Waals surface area contributed by atoms with Gasteiger partial charge in [-0.1, -0.05) is 42.5 Å². The van der Waals surface area contributed by atoms with Crippen LogP contribution in [0.2, 0.25) is 10.0 Å². The molecular formula is C13H15Cl2NO. The molecule has 0 aromatic heterocycles. The van der Waals surface area contributed by atoms with Crippen LogP contribution in [0.4, 0.5) is 5.69 Å². The van der Waals surface area contributed by atoms with E-state index < -0.39 is 0 Å². The number of ketones is 1. The summed E-state index contributed by atoms with van der Waals surface area (Å²) in [6.45, 7) is 0. The summed E-state index contributed by atoms with van der Waals surface area (Å²) < 4.78 is 0. The fraction of sp³-hybridized carbons (Fsp3) is 0.462. The first kappa shape index (κ1) is 12.7. The summed E-state index contributed by atoms with van der Waals surface area (Å²) >= 11 is 11.9. The second-order valence-corrected chi connectivity index (χ2v) is 5.37. The van der Waals surface area contributed by atoms with Gasteiger partial charge in [-0.15, -0.1) is 0 Å². The molecule has 17 heavy (non-hydrogen) atoms. The molecule has 0 saturated heterocycles. The lowest BCUT2D eigenvalue weighted by Gasteiger charge is -2.20. The van der Waals surface area contributed by atoms with Gasteiger partial charge in [0.1, 0.15) is 0 Å². The number of benzene rings is 1. The lowest BCUT2D eigenvalue weighted by molar-refractivity contribution is 0.0889. The van der Waals surface area contributed by atoms with Crippen LogP contribution in [0.1, 0.15) is 42.5 Å². The van der Waals surface area contributed by atoms with Crippen LogP contribution in [0, 0.1) is 5.92 Å². The van der Waals surface area contributed by atoms with Crippen molar-refractivity contribution in [3.8, 4) is 0 Å². The van der Waals surface area contributed by atoms with Gasteiger partial charge in [0, 0.05) is 11.5 Å². The van der Waals surface area contributed by atoms with Crippen molar-refractivity contribution in [3.05, 3.63) is 27.7 Å². The van der Waals surface area contributed by atoms with Gasteiger partial charge in [0.25, 0.3) is 0 Å². The fourth-order valence-electron chi connectivity index (χ4n) is 2.33. The second kappa shape index (κ2) is 5.28. The van der Waals surface area contributed by atoms with Crippen LogP contribution >= 0.6 is 23.2 Å². The lowest BCUT2D eigenvalue weighted by atomic mass is 9.84. The van der Waals surface area contributed by atoms with Crippen LogP contribution in [-0.2, 0) is 0 Å². The Bertz CT molecular complexity index is 416. The standard InChI is InChI=1S/C13H15Cl2NO/c14-10-6-9(7-11(15)12(10)16)13(17)8-4-2-1-3-5-8/h6-8H,1-5,16H2. The molecule has 0 atom stereocenters. The Labute approximate surface area is 111 Å². The van der Waals surface area contributed by atoms with E-state index in [1.165, 1.54) is 6.42 Å². The number of hydrogen-bond donors (Lipinski definition) is 1. The highest BCUT2D eigenvalue weighted by molar-refractivity contribution is 6.39. The fourth-order valence-corrected chi connectivity index (χ4v) is 2.81. The molecule has 2 N–H and O–H groups in total. The van der Waals surface area contributed by atoms with Gasteiger partial charge in [-0.2, -0.15) is 0 Å². The summed E-state index contributed by atoms with van der Waals surface area (Å²) in [4.78, 5) is 12.3. The maximum Gasteiger partial charge on any atom is 0.166 e. The van der Waals surface area contributed by atoms with E-state index >= 15 is 0 Å². The topological polar surface area (TPSA) is 43.1 Å². The highest BCUT2D eigenvalue weighted by Gasteiger charge is 2.23. The highest BCUT2D eigenvalue weighted by atomic mass is 35.5. The Hall–Kier alpha value is -0.730. The van der Waals surface area contributed by atoms with Crippen LogP contribution in [0.5, 0.6) is 0 Å². The van der Waals surface area contributed by atoms with Crippen LogP contribution in [0.15, 0.2) is 12.1 Å². The van der Waals surface area contributed by atoms with E-state index in [1.807, 2.05) is 0 Å². The zero-order valence-corrected chi connectivity index (χ0v) is 11.0. The summed E-state index contributed by atoms with van der Waals surface area (Å²) in [7, 11) is 0. The zero-order chi connectivity index (χ0) is 12.4. The van der Waals surface area contributed by atoms with Crippen LogP contribution in [0.3, 0.4) is 0 Å². The molecule has 2 nitrogen and oxygen atoms in total. The zero-order valence-electron chi connectivity index (χ0n) is 9.51. The molecule has 1 aromatic rings. The molecule has 1 aliphatic carbocycles. The van der Waals surface area contributed by atoms with Crippen LogP contribution in [-0.4, -0.2) is 5.78 Å². The quantitative estimate of drug-likeness (QED) is 0.642. The number of rotatable bonds is 2. The predicted molar refractivity (Wildman–Crippen MR) is 71.8 cm³/mol. The van der Waals surface area contributed by atoms with Gasteiger partial charge in [-0.05, 0) is 25.0 Å². The monoisotopic (exact) mass is 271 g/mol. The largest absolute Gasteiger partial charge is 0.396 e. The first-order valence-electron chi connectivity index (χ1n) is 5.88. The Balaban J connectivity index is 2.24. The van der Waals surface area contributed by atoms with Gasteiger partial charge in [-0.25, -0.2) is 0 Å². The van der Waals surface area contributed by atoms with Gasteiger partial charge in [0.05, 0.1) is 15.7 Å². The number of nitrogen functional groups attached to an aromatic ring is 1. The molecule has 1 fully saturated rings. The van der Waals surface area contributed by atoms with Crippen molar-refractivity contribution >= 4 is 34.7 Å². The Kier molecular flexibility index (Phi) is 3.95. The third-order valence-corrected chi connectivity index (χ3v) is 3.96. The van der Waals surface area contributed by atoms with E-state index in [4.69, 9.17) is 28.9 Å². The van der Waals surface area contributed by atoms with Crippen molar-refractivity contribution < 1.29 is 4.79 Å². The number of carbonyl (C=O) groups is 1. The Morgan fingerprint density at radius 3 is 2.18 bits per heavy atom. The molecule has 2 rings (SSSR count). The number of hydrogen-bond acceptors (Lipinski definition) is 2. The normalized spacial score (nSPS) is 17.1. The van der Waals surface area contributed by atoms with Gasteiger partial charge < -0.3 is 5.73 Å². The minimum Gasteiger partial charge on any atom is -0.396 e. The molecule has 4 heteroatoms. The molecule has 0 radical (unpaired) electrons. The first-order valence-corrected chi connectivity index (χ1v) is 6.64. The number of carbonyl (C=O) groups excluding carboxylic acids is 1. The molecule has 0 spiro atoms. The van der Waals surface area contributed by atoms with E-state index in [2.05, 4.69) is 0 Å². The first-order chi connectivity index (χ1) is 8.09. The molecule has 92 valence electrons. The number of nitrogens with two attached hydrogens (primary N) is 1. The third kappa shape index (κ3) is 2.75. The van der Waals surface area contributed by atoms with Gasteiger partial charge in [-0.3, -0.25) is 4.79 Å². The van der Waals surface area contributed by atoms with Gasteiger partial charge >= 0.3 is 0 Å². The minimum atomic E-state index is 0.125. The van der Waals surface area contributed by atoms with Crippen molar-refractivity contribution in [2.75, 3.05) is 5.73 Å². The average Bonchev–Trinajstić information content (AvgIpc) is 2.35. The number of anilines is 1. The number of halogens is 2. The summed E-state index contributed by atoms with van der Waals surface area (Å²) in [5.41, 5.74) is 6.58. The molecule has 0 unspecified atom stereocenters. The minimum absolute atomic E-state index is 0.125. The van der Waals surface area contributed by atoms with E-state index in [0.29, 0.717) is 21.3 Å². The summed E-state index contributed by atoms with van der Waals surface area (Å²) in [6, 6.07) is 3.25. The van der Waals surface area contributed by atoms with Crippen molar-refractivity contribution in [2.45, 2.75) is 32.1 Å². The summed E-state index contributed by atoms with van der Waals surface area (Å²) in [6.07, 6.45) is 5.43. The third-order valence-electron chi connectivity index (χ3n) is 3.34. The van der Waals surface area contributed by atoms with Crippen molar-refractivity contribution in [1.82, 2.24) is 0 Å². The smallest absolute Gasteiger partial charge is 0.166 e. The Morgan fingerprint density at radius 1 is 1.12 bits per heavy atom. The van der Waals surface area contributed by atoms with Crippen molar-refractivity contribution in [3.63, 3.8) is 0 Å². The molecule has 1 saturated carbocycles. The average molecular weight is 272 g/mol. The molecule has 0 aliphatic heterocycles. The molecule has 0 bridgehead atoms.